The van der Waals surface area contributed by atoms with E-state index in [9.17, 15) is 14.7 Å². The summed E-state index contributed by atoms with van der Waals surface area (Å²) in [6, 6.07) is 26.4. The first-order valence-corrected chi connectivity index (χ1v) is 10.8. The van der Waals surface area contributed by atoms with Crippen LogP contribution in [0.3, 0.4) is 0 Å². The number of carboxylic acids is 1. The van der Waals surface area contributed by atoms with Crippen LogP contribution >= 0.6 is 0 Å². The largest absolute Gasteiger partial charge is 0.478 e. The van der Waals surface area contributed by atoms with Crippen molar-refractivity contribution in [1.29, 1.82) is 0 Å². The lowest BCUT2D eigenvalue weighted by Gasteiger charge is -2.21. The second-order valence-electron chi connectivity index (χ2n) is 8.39. The summed E-state index contributed by atoms with van der Waals surface area (Å²) < 4.78 is 6.10. The normalized spacial score (nSPS) is 11.8. The van der Waals surface area contributed by atoms with Gasteiger partial charge in [-0.3, -0.25) is 4.79 Å². The fraction of sp³-hybridized carbons (Fsp3) is 0.103. The van der Waals surface area contributed by atoms with Crippen molar-refractivity contribution in [2.24, 2.45) is 0 Å². The van der Waals surface area contributed by atoms with Crippen LogP contribution in [0.2, 0.25) is 0 Å². The number of carbonyl (C=O) groups is 2. The van der Waals surface area contributed by atoms with Gasteiger partial charge in [0.15, 0.2) is 5.78 Å². The molecule has 0 bridgehead atoms. The van der Waals surface area contributed by atoms with Crippen LogP contribution in [0.1, 0.15) is 54.1 Å². The molecule has 0 aliphatic carbocycles. The van der Waals surface area contributed by atoms with Crippen LogP contribution in [-0.4, -0.2) is 16.9 Å². The highest BCUT2D eigenvalue weighted by Crippen LogP contribution is 2.38. The first kappa shape index (κ1) is 20.7. The smallest absolute Gasteiger partial charge is 0.336 e. The number of carboxylic acid groups (broad SMARTS) is 1. The summed E-state index contributed by atoms with van der Waals surface area (Å²) in [5.41, 5.74) is 6.31. The van der Waals surface area contributed by atoms with Gasteiger partial charge in [-0.1, -0.05) is 60.2 Å². The third-order valence-corrected chi connectivity index (χ3v) is 5.98. The summed E-state index contributed by atoms with van der Waals surface area (Å²) in [6.45, 7) is 2.08. The molecule has 0 aromatic heterocycles. The van der Waals surface area contributed by atoms with Crippen molar-refractivity contribution in [2.45, 2.75) is 19.8 Å². The number of aryl methyl sites for hydroxylation is 1. The van der Waals surface area contributed by atoms with Gasteiger partial charge < -0.3 is 9.84 Å². The van der Waals surface area contributed by atoms with Crippen LogP contribution < -0.4 is 4.74 Å². The summed E-state index contributed by atoms with van der Waals surface area (Å²) >= 11 is 0. The van der Waals surface area contributed by atoms with E-state index in [0.717, 1.165) is 29.0 Å². The van der Waals surface area contributed by atoms with Crippen LogP contribution in [0, 0.1) is 6.92 Å². The third kappa shape index (κ3) is 4.15. The number of ketones is 1. The van der Waals surface area contributed by atoms with E-state index in [4.69, 9.17) is 4.74 Å². The van der Waals surface area contributed by atoms with Gasteiger partial charge in [-0.25, -0.2) is 4.79 Å². The summed E-state index contributed by atoms with van der Waals surface area (Å²) in [6.07, 6.45) is 1.49. The van der Waals surface area contributed by atoms with Gasteiger partial charge in [0.1, 0.15) is 11.5 Å². The molecule has 33 heavy (non-hydrogen) atoms. The van der Waals surface area contributed by atoms with Crippen molar-refractivity contribution >= 4 is 11.8 Å². The number of rotatable bonds is 5. The number of carbonyl (C=O) groups excluding carboxylic acids is 1. The number of benzene rings is 4. The Balaban J connectivity index is 1.42. The molecule has 0 saturated carbocycles. The van der Waals surface area contributed by atoms with Crippen molar-refractivity contribution in [3.05, 3.63) is 129 Å². The molecule has 1 aliphatic heterocycles. The monoisotopic (exact) mass is 434 g/mol. The van der Waals surface area contributed by atoms with Crippen molar-refractivity contribution < 1.29 is 19.4 Å². The van der Waals surface area contributed by atoms with Gasteiger partial charge in [-0.2, -0.15) is 0 Å². The first-order chi connectivity index (χ1) is 16.0. The summed E-state index contributed by atoms with van der Waals surface area (Å²) in [4.78, 5) is 24.6. The lowest BCUT2D eigenvalue weighted by Crippen LogP contribution is -2.11. The molecule has 4 aromatic carbocycles. The quantitative estimate of drug-likeness (QED) is 0.334. The van der Waals surface area contributed by atoms with Gasteiger partial charge >= 0.3 is 5.97 Å². The van der Waals surface area contributed by atoms with Gasteiger partial charge in [0, 0.05) is 23.1 Å². The zero-order valence-electron chi connectivity index (χ0n) is 18.2. The molecule has 162 valence electrons. The molecule has 1 aliphatic rings. The lowest BCUT2D eigenvalue weighted by molar-refractivity contribution is 0.0693. The van der Waals surface area contributed by atoms with E-state index in [1.54, 1.807) is 30.3 Å². The van der Waals surface area contributed by atoms with Crippen molar-refractivity contribution in [3.63, 3.8) is 0 Å². The summed E-state index contributed by atoms with van der Waals surface area (Å²) in [5.74, 6) is 0.118. The molecule has 0 unspecified atom stereocenters. The maximum absolute atomic E-state index is 13.1. The lowest BCUT2D eigenvalue weighted by atomic mass is 9.92. The molecular formula is C29H22O4. The van der Waals surface area contributed by atoms with Crippen LogP contribution in [0.4, 0.5) is 0 Å². The number of hydrogen-bond acceptors (Lipinski definition) is 3. The maximum Gasteiger partial charge on any atom is 0.336 e. The Labute approximate surface area is 192 Å². The molecule has 0 fully saturated rings. The van der Waals surface area contributed by atoms with Crippen LogP contribution in [0.5, 0.6) is 11.5 Å². The van der Waals surface area contributed by atoms with E-state index in [-0.39, 0.29) is 16.9 Å². The van der Waals surface area contributed by atoms with E-state index in [0.29, 0.717) is 12.0 Å². The Kier molecular flexibility index (Phi) is 5.27. The highest BCUT2D eigenvalue weighted by molar-refractivity contribution is 6.14. The van der Waals surface area contributed by atoms with Crippen LogP contribution in [-0.2, 0) is 12.8 Å². The fourth-order valence-corrected chi connectivity index (χ4v) is 4.23. The first-order valence-electron chi connectivity index (χ1n) is 10.8. The second kappa shape index (κ2) is 8.40. The van der Waals surface area contributed by atoms with Gasteiger partial charge in [0.2, 0.25) is 0 Å². The average Bonchev–Trinajstić information content (AvgIpc) is 2.83. The number of ether oxygens (including phenoxy) is 1. The van der Waals surface area contributed by atoms with E-state index in [2.05, 4.69) is 43.3 Å². The van der Waals surface area contributed by atoms with E-state index in [1.165, 1.54) is 22.8 Å². The Morgan fingerprint density at radius 3 is 2.15 bits per heavy atom. The highest BCUT2D eigenvalue weighted by Gasteiger charge is 2.22. The zero-order valence-corrected chi connectivity index (χ0v) is 18.2. The molecule has 1 heterocycles. The van der Waals surface area contributed by atoms with Gasteiger partial charge in [-0.15, -0.1) is 0 Å². The highest BCUT2D eigenvalue weighted by atomic mass is 16.5. The van der Waals surface area contributed by atoms with E-state index in [1.807, 2.05) is 12.1 Å². The van der Waals surface area contributed by atoms with Crippen LogP contribution in [0.15, 0.2) is 84.9 Å². The fourth-order valence-electron chi connectivity index (χ4n) is 4.23. The third-order valence-electron chi connectivity index (χ3n) is 5.98. The van der Waals surface area contributed by atoms with E-state index < -0.39 is 5.97 Å². The molecule has 0 radical (unpaired) electrons. The summed E-state index contributed by atoms with van der Waals surface area (Å²) in [7, 11) is 0. The minimum atomic E-state index is -1.12. The predicted molar refractivity (Wildman–Crippen MR) is 127 cm³/mol. The molecule has 0 saturated heterocycles. The Morgan fingerprint density at radius 1 is 0.788 bits per heavy atom. The number of hydrogen-bond donors (Lipinski definition) is 1. The van der Waals surface area contributed by atoms with Gasteiger partial charge in [0.25, 0.3) is 0 Å². The Hall–Kier alpha value is -4.18. The second-order valence-corrected chi connectivity index (χ2v) is 8.39. The maximum atomic E-state index is 13.1. The van der Waals surface area contributed by atoms with Crippen molar-refractivity contribution in [2.75, 3.05) is 0 Å². The molecule has 0 amide bonds. The molecule has 4 heteroatoms. The minimum Gasteiger partial charge on any atom is -0.478 e. The van der Waals surface area contributed by atoms with Crippen LogP contribution in [0.25, 0.3) is 0 Å². The minimum absolute atomic E-state index is 0.00237. The number of fused-ring (bicyclic) bond motifs is 2. The average molecular weight is 434 g/mol. The molecule has 1 N–H and O–H groups in total. The Bertz CT molecular complexity index is 1380. The van der Waals surface area contributed by atoms with Crippen molar-refractivity contribution in [1.82, 2.24) is 0 Å². The SMILES string of the molecule is Cc1ccc(Cc2ccc3c(c2)Cc2cc(C(=O)c4ccccc4C(=O)O)ccc2O3)cc1. The molecule has 5 rings (SSSR count). The topological polar surface area (TPSA) is 63.6 Å². The van der Waals surface area contributed by atoms with Gasteiger partial charge in [0.05, 0.1) is 5.56 Å². The summed E-state index contributed by atoms with van der Waals surface area (Å²) in [5, 5.41) is 9.44. The number of aromatic carboxylic acids is 1. The predicted octanol–water partition coefficient (Wildman–Crippen LogP) is 6.21. The zero-order chi connectivity index (χ0) is 22.9. The van der Waals surface area contributed by atoms with Gasteiger partial charge in [-0.05, 0) is 60.4 Å². The standard InChI is InChI=1S/C29H22O4/c1-18-6-8-19(9-7-18)14-20-10-12-26-22(15-20)17-23-16-21(11-13-27(23)33-26)28(30)24-4-2-3-5-25(24)29(31)32/h2-13,15-16H,14,17H2,1H3,(H,31,32). The molecule has 0 spiro atoms. The molecular weight excluding hydrogens is 412 g/mol. The van der Waals surface area contributed by atoms with Crippen molar-refractivity contribution in [3.8, 4) is 11.5 Å². The molecule has 0 atom stereocenters. The molecule has 4 nitrogen and oxygen atoms in total. The van der Waals surface area contributed by atoms with E-state index >= 15 is 0 Å². The Morgan fingerprint density at radius 2 is 1.42 bits per heavy atom. The molecule has 4 aromatic rings.